The summed E-state index contributed by atoms with van der Waals surface area (Å²) in [7, 11) is 0. The SMILES string of the molecule is O=C(CC1(n2cccc2)CCOCC1)Nc1ccc2nc[nH]c2c1. The molecule has 0 saturated carbocycles. The molecule has 124 valence electrons. The monoisotopic (exact) mass is 324 g/mol. The van der Waals surface area contributed by atoms with Crippen molar-refractivity contribution in [3.63, 3.8) is 0 Å². The minimum absolute atomic E-state index is 0.0180. The molecule has 0 radical (unpaired) electrons. The Morgan fingerprint density at radius 3 is 2.88 bits per heavy atom. The number of fused-ring (bicyclic) bond motifs is 1. The highest BCUT2D eigenvalue weighted by molar-refractivity contribution is 5.93. The molecule has 2 N–H and O–H groups in total. The fourth-order valence-electron chi connectivity index (χ4n) is 3.45. The van der Waals surface area contributed by atoms with Crippen molar-refractivity contribution in [3.8, 4) is 0 Å². The third-order valence-electron chi connectivity index (χ3n) is 4.77. The lowest BCUT2D eigenvalue weighted by Crippen LogP contribution is -2.42. The number of aromatic nitrogens is 3. The molecule has 1 saturated heterocycles. The van der Waals surface area contributed by atoms with E-state index in [9.17, 15) is 4.79 Å². The van der Waals surface area contributed by atoms with Gasteiger partial charge in [0.15, 0.2) is 0 Å². The van der Waals surface area contributed by atoms with Crippen LogP contribution in [0.3, 0.4) is 0 Å². The van der Waals surface area contributed by atoms with Gasteiger partial charge in [0.2, 0.25) is 5.91 Å². The number of rotatable bonds is 4. The van der Waals surface area contributed by atoms with Gasteiger partial charge in [0, 0.05) is 31.3 Å². The Morgan fingerprint density at radius 2 is 2.08 bits per heavy atom. The van der Waals surface area contributed by atoms with E-state index in [-0.39, 0.29) is 11.4 Å². The van der Waals surface area contributed by atoms with Gasteiger partial charge < -0.3 is 19.6 Å². The van der Waals surface area contributed by atoms with Crippen molar-refractivity contribution in [2.24, 2.45) is 0 Å². The molecule has 2 aromatic heterocycles. The summed E-state index contributed by atoms with van der Waals surface area (Å²) in [4.78, 5) is 19.9. The number of hydrogen-bond donors (Lipinski definition) is 2. The number of anilines is 1. The highest BCUT2D eigenvalue weighted by atomic mass is 16.5. The second-order valence-corrected chi connectivity index (χ2v) is 6.29. The van der Waals surface area contributed by atoms with Gasteiger partial charge in [0.25, 0.3) is 0 Å². The quantitative estimate of drug-likeness (QED) is 0.775. The minimum atomic E-state index is -0.204. The van der Waals surface area contributed by atoms with E-state index < -0.39 is 0 Å². The van der Waals surface area contributed by atoms with Crippen LogP contribution in [-0.4, -0.2) is 33.7 Å². The molecule has 1 fully saturated rings. The fourth-order valence-corrected chi connectivity index (χ4v) is 3.45. The predicted octanol–water partition coefficient (Wildman–Crippen LogP) is 2.90. The van der Waals surface area contributed by atoms with E-state index in [1.165, 1.54) is 0 Å². The lowest BCUT2D eigenvalue weighted by atomic mass is 9.86. The van der Waals surface area contributed by atoms with Gasteiger partial charge >= 0.3 is 0 Å². The van der Waals surface area contributed by atoms with Gasteiger partial charge in [0.1, 0.15) is 0 Å². The molecule has 0 atom stereocenters. The van der Waals surface area contributed by atoms with Crippen molar-refractivity contribution < 1.29 is 9.53 Å². The van der Waals surface area contributed by atoms with Crippen LogP contribution in [0.2, 0.25) is 0 Å². The smallest absolute Gasteiger partial charge is 0.226 e. The Hall–Kier alpha value is -2.60. The zero-order valence-corrected chi connectivity index (χ0v) is 13.4. The number of carbonyl (C=O) groups excluding carboxylic acids is 1. The Kier molecular flexibility index (Phi) is 3.82. The number of nitrogens with zero attached hydrogens (tertiary/aromatic N) is 2. The molecule has 3 aromatic rings. The van der Waals surface area contributed by atoms with E-state index in [4.69, 9.17) is 4.74 Å². The third-order valence-corrected chi connectivity index (χ3v) is 4.77. The van der Waals surface area contributed by atoms with Crippen LogP contribution in [0.25, 0.3) is 11.0 Å². The van der Waals surface area contributed by atoms with Crippen LogP contribution < -0.4 is 5.32 Å². The second kappa shape index (κ2) is 6.13. The number of benzene rings is 1. The first-order valence-electron chi connectivity index (χ1n) is 8.19. The van der Waals surface area contributed by atoms with E-state index >= 15 is 0 Å². The molecule has 3 heterocycles. The Morgan fingerprint density at radius 1 is 1.29 bits per heavy atom. The molecule has 24 heavy (non-hydrogen) atoms. The van der Waals surface area contributed by atoms with Crippen molar-refractivity contribution in [1.82, 2.24) is 14.5 Å². The average Bonchev–Trinajstić information content (AvgIpc) is 3.27. The van der Waals surface area contributed by atoms with Crippen molar-refractivity contribution in [1.29, 1.82) is 0 Å². The lowest BCUT2D eigenvalue weighted by Gasteiger charge is -2.38. The van der Waals surface area contributed by atoms with E-state index in [1.807, 2.05) is 42.7 Å². The number of H-pyrrole nitrogens is 1. The van der Waals surface area contributed by atoms with Gasteiger partial charge in [0.05, 0.1) is 29.3 Å². The Bertz CT molecular complexity index is 832. The molecular formula is C18H20N4O2. The summed E-state index contributed by atoms with van der Waals surface area (Å²) in [6.07, 6.45) is 7.85. The van der Waals surface area contributed by atoms with Crippen molar-refractivity contribution in [3.05, 3.63) is 49.1 Å². The number of carbonyl (C=O) groups is 1. The molecule has 1 amide bonds. The Balaban J connectivity index is 1.52. The second-order valence-electron chi connectivity index (χ2n) is 6.29. The molecule has 1 aliphatic heterocycles. The van der Waals surface area contributed by atoms with E-state index in [2.05, 4.69) is 19.9 Å². The van der Waals surface area contributed by atoms with Gasteiger partial charge in [-0.15, -0.1) is 0 Å². The van der Waals surface area contributed by atoms with Crippen LogP contribution in [-0.2, 0) is 15.1 Å². The molecule has 0 bridgehead atoms. The van der Waals surface area contributed by atoms with E-state index in [1.54, 1.807) is 6.33 Å². The molecule has 0 unspecified atom stereocenters. The number of nitrogens with one attached hydrogen (secondary N) is 2. The molecule has 4 rings (SSSR count). The van der Waals surface area contributed by atoms with Crippen LogP contribution in [0, 0.1) is 0 Å². The molecule has 1 aromatic carbocycles. The van der Waals surface area contributed by atoms with Gasteiger partial charge in [-0.1, -0.05) is 0 Å². The van der Waals surface area contributed by atoms with Crippen molar-refractivity contribution >= 4 is 22.6 Å². The van der Waals surface area contributed by atoms with Crippen LogP contribution in [0.5, 0.6) is 0 Å². The number of hydrogen-bond acceptors (Lipinski definition) is 3. The number of amides is 1. The zero-order valence-electron chi connectivity index (χ0n) is 13.4. The maximum atomic E-state index is 12.7. The maximum Gasteiger partial charge on any atom is 0.226 e. The Labute approximate surface area is 139 Å². The predicted molar refractivity (Wildman–Crippen MR) is 91.8 cm³/mol. The number of imidazole rings is 1. The minimum Gasteiger partial charge on any atom is -0.381 e. The first-order valence-corrected chi connectivity index (χ1v) is 8.19. The number of ether oxygens (including phenoxy) is 1. The fraction of sp³-hybridized carbons (Fsp3) is 0.333. The molecule has 6 nitrogen and oxygen atoms in total. The first-order chi connectivity index (χ1) is 11.8. The zero-order chi connectivity index (χ0) is 16.4. The van der Waals surface area contributed by atoms with Crippen LogP contribution in [0.4, 0.5) is 5.69 Å². The van der Waals surface area contributed by atoms with E-state index in [0.717, 1.165) is 29.6 Å². The largest absolute Gasteiger partial charge is 0.381 e. The standard InChI is InChI=1S/C18H20N4O2/c23-17(21-14-3-4-15-16(11-14)20-13-19-15)12-18(5-9-24-10-6-18)22-7-1-2-8-22/h1-4,7-8,11,13H,5-6,9-10,12H2,(H,19,20)(H,21,23). The summed E-state index contributed by atoms with van der Waals surface area (Å²) in [6.45, 7) is 1.37. The van der Waals surface area contributed by atoms with Crippen molar-refractivity contribution in [2.75, 3.05) is 18.5 Å². The molecular weight excluding hydrogens is 304 g/mol. The summed E-state index contributed by atoms with van der Waals surface area (Å²) in [5.41, 5.74) is 2.39. The van der Waals surface area contributed by atoms with Crippen molar-refractivity contribution in [2.45, 2.75) is 24.8 Å². The summed E-state index contributed by atoms with van der Waals surface area (Å²) in [5.74, 6) is 0.0180. The van der Waals surface area contributed by atoms with Crippen LogP contribution in [0.1, 0.15) is 19.3 Å². The molecule has 0 aliphatic carbocycles. The molecule has 6 heteroatoms. The molecule has 1 aliphatic rings. The summed E-state index contributed by atoms with van der Waals surface area (Å²) in [5, 5.41) is 3.02. The molecule has 0 spiro atoms. The van der Waals surface area contributed by atoms with Crippen LogP contribution in [0.15, 0.2) is 49.1 Å². The maximum absolute atomic E-state index is 12.7. The normalized spacial score (nSPS) is 17.0. The first kappa shape index (κ1) is 15.0. The number of aromatic amines is 1. The van der Waals surface area contributed by atoms with Gasteiger partial charge in [-0.05, 0) is 43.2 Å². The summed E-state index contributed by atoms with van der Waals surface area (Å²) in [6, 6.07) is 9.69. The van der Waals surface area contributed by atoms with Gasteiger partial charge in [-0.3, -0.25) is 4.79 Å². The van der Waals surface area contributed by atoms with Gasteiger partial charge in [-0.2, -0.15) is 0 Å². The summed E-state index contributed by atoms with van der Waals surface area (Å²) >= 11 is 0. The lowest BCUT2D eigenvalue weighted by molar-refractivity contribution is -0.119. The topological polar surface area (TPSA) is 71.9 Å². The van der Waals surface area contributed by atoms with Gasteiger partial charge in [-0.25, -0.2) is 4.98 Å². The summed E-state index contributed by atoms with van der Waals surface area (Å²) < 4.78 is 7.67. The highest BCUT2D eigenvalue weighted by Gasteiger charge is 2.36. The van der Waals surface area contributed by atoms with E-state index in [0.29, 0.717) is 19.6 Å². The average molecular weight is 324 g/mol. The van der Waals surface area contributed by atoms with Crippen LogP contribution >= 0.6 is 0 Å². The third kappa shape index (κ3) is 2.80. The highest BCUT2D eigenvalue weighted by Crippen LogP contribution is 2.33.